The van der Waals surface area contributed by atoms with Crippen molar-refractivity contribution in [2.24, 2.45) is 11.5 Å². The van der Waals surface area contributed by atoms with Crippen LogP contribution in [0.25, 0.3) is 11.3 Å². The van der Waals surface area contributed by atoms with Crippen LogP contribution < -0.4 is 16.2 Å². The molecular weight excluding hydrogens is 397 g/mol. The number of ether oxygens (including phenoxy) is 1. The van der Waals surface area contributed by atoms with Crippen LogP contribution >= 0.6 is 0 Å². The number of aromatic nitrogens is 1. The van der Waals surface area contributed by atoms with Gasteiger partial charge in [0, 0.05) is 11.8 Å². The van der Waals surface area contributed by atoms with E-state index < -0.39 is 21.1 Å². The van der Waals surface area contributed by atoms with E-state index in [1.807, 2.05) is 0 Å². The third-order valence-corrected chi connectivity index (χ3v) is 5.28. The number of benzene rings is 2. The van der Waals surface area contributed by atoms with Crippen LogP contribution in [0.5, 0.6) is 11.5 Å². The van der Waals surface area contributed by atoms with E-state index >= 15 is 0 Å². The number of hydrogen-bond donors (Lipinski definition) is 2. The van der Waals surface area contributed by atoms with Gasteiger partial charge < -0.3 is 16.2 Å². The average molecular weight is 415 g/mol. The summed E-state index contributed by atoms with van der Waals surface area (Å²) in [6, 6.07) is 15.0. The number of pyridine rings is 1. The van der Waals surface area contributed by atoms with E-state index in [4.69, 9.17) is 16.2 Å². The van der Waals surface area contributed by atoms with E-state index in [1.165, 1.54) is 36.4 Å². The zero-order valence-electron chi connectivity index (χ0n) is 15.4. The molecular formula is C20H18FN3O4S. The third kappa shape index (κ3) is 4.95. The number of amides is 1. The van der Waals surface area contributed by atoms with E-state index in [2.05, 4.69) is 4.98 Å². The lowest BCUT2D eigenvalue weighted by Gasteiger charge is -2.13. The molecule has 0 saturated heterocycles. The molecule has 29 heavy (non-hydrogen) atoms. The van der Waals surface area contributed by atoms with Gasteiger partial charge >= 0.3 is 0 Å². The van der Waals surface area contributed by atoms with Gasteiger partial charge in [-0.2, -0.15) is 0 Å². The first kappa shape index (κ1) is 20.4. The molecule has 4 N–H and O–H groups in total. The minimum Gasteiger partial charge on any atom is -0.457 e. The number of sulfone groups is 1. The van der Waals surface area contributed by atoms with E-state index in [9.17, 15) is 17.6 Å². The van der Waals surface area contributed by atoms with Crippen molar-refractivity contribution in [3.63, 3.8) is 0 Å². The molecule has 0 aliphatic heterocycles. The fourth-order valence-corrected chi connectivity index (χ4v) is 3.20. The fraction of sp³-hybridized carbons (Fsp3) is 0.100. The molecule has 3 rings (SSSR count). The Morgan fingerprint density at radius 2 is 1.59 bits per heavy atom. The molecule has 0 bridgehead atoms. The second-order valence-electron chi connectivity index (χ2n) is 6.37. The fourth-order valence-electron chi connectivity index (χ4n) is 2.57. The molecule has 0 radical (unpaired) electrons. The van der Waals surface area contributed by atoms with E-state index in [0.717, 1.165) is 6.26 Å². The molecule has 0 aliphatic rings. The molecule has 7 nitrogen and oxygen atoms in total. The molecule has 9 heteroatoms. The van der Waals surface area contributed by atoms with Crippen molar-refractivity contribution in [1.82, 2.24) is 4.98 Å². The van der Waals surface area contributed by atoms with Crippen LogP contribution in [-0.2, 0) is 9.84 Å². The van der Waals surface area contributed by atoms with Gasteiger partial charge in [0.05, 0.1) is 5.69 Å². The highest BCUT2D eigenvalue weighted by Gasteiger charge is 2.21. The van der Waals surface area contributed by atoms with Gasteiger partial charge in [-0.1, -0.05) is 0 Å². The molecule has 2 aromatic carbocycles. The molecule has 1 heterocycles. The summed E-state index contributed by atoms with van der Waals surface area (Å²) in [5, 5.41) is -1.32. The monoisotopic (exact) mass is 415 g/mol. The lowest BCUT2D eigenvalue weighted by Crippen LogP contribution is -2.22. The number of primary amides is 1. The van der Waals surface area contributed by atoms with E-state index in [1.54, 1.807) is 24.3 Å². The standard InChI is InChI=1S/C20H18FN3O4S/c1-29(26,27)20(23)13-10-17(24-18(11-13)19(22)25)12-2-6-15(7-3-12)28-16-8-4-14(21)5-9-16/h2-11,20H,23H2,1H3,(H2,22,25). The Bertz CT molecular complexity index is 1150. The van der Waals surface area contributed by atoms with Crippen LogP contribution in [0.4, 0.5) is 4.39 Å². The smallest absolute Gasteiger partial charge is 0.267 e. The van der Waals surface area contributed by atoms with Gasteiger partial charge in [0.15, 0.2) is 9.84 Å². The summed E-state index contributed by atoms with van der Waals surface area (Å²) in [5.41, 5.74) is 12.2. The van der Waals surface area contributed by atoms with Gasteiger partial charge in [0.2, 0.25) is 0 Å². The Kier molecular flexibility index (Phi) is 5.62. The molecule has 3 aromatic rings. The number of nitrogens with two attached hydrogens (primary N) is 2. The molecule has 1 aromatic heterocycles. The Hall–Kier alpha value is -3.30. The van der Waals surface area contributed by atoms with Crippen molar-refractivity contribution in [2.45, 2.75) is 5.37 Å². The minimum atomic E-state index is -3.59. The maximum Gasteiger partial charge on any atom is 0.267 e. The summed E-state index contributed by atoms with van der Waals surface area (Å²) in [5.74, 6) is -0.199. The minimum absolute atomic E-state index is 0.0942. The lowest BCUT2D eigenvalue weighted by molar-refractivity contribution is 0.0995. The maximum atomic E-state index is 13.0. The predicted molar refractivity (Wildman–Crippen MR) is 106 cm³/mol. The van der Waals surface area contributed by atoms with Crippen molar-refractivity contribution >= 4 is 15.7 Å². The Labute approximate surface area is 167 Å². The van der Waals surface area contributed by atoms with Crippen molar-refractivity contribution in [3.05, 3.63) is 77.7 Å². The molecule has 0 aliphatic carbocycles. The van der Waals surface area contributed by atoms with Gasteiger partial charge in [-0.3, -0.25) is 4.79 Å². The zero-order valence-corrected chi connectivity index (χ0v) is 16.2. The van der Waals surface area contributed by atoms with Crippen LogP contribution in [0.15, 0.2) is 60.7 Å². The normalized spacial score (nSPS) is 12.4. The highest BCUT2D eigenvalue weighted by atomic mass is 32.2. The SMILES string of the molecule is CS(=O)(=O)C(N)c1cc(C(N)=O)nc(-c2ccc(Oc3ccc(F)cc3)cc2)c1. The quantitative estimate of drug-likeness (QED) is 0.638. The first-order chi connectivity index (χ1) is 13.6. The topological polar surface area (TPSA) is 125 Å². The van der Waals surface area contributed by atoms with Crippen molar-refractivity contribution < 1.29 is 22.3 Å². The first-order valence-electron chi connectivity index (χ1n) is 8.43. The van der Waals surface area contributed by atoms with Crippen molar-refractivity contribution in [3.8, 4) is 22.8 Å². The summed E-state index contributed by atoms with van der Waals surface area (Å²) >= 11 is 0. The number of nitrogens with zero attached hydrogens (tertiary/aromatic N) is 1. The first-order valence-corrected chi connectivity index (χ1v) is 10.4. The Balaban J connectivity index is 1.94. The summed E-state index contributed by atoms with van der Waals surface area (Å²) in [7, 11) is -3.59. The van der Waals surface area contributed by atoms with Gasteiger partial charge in [0.25, 0.3) is 5.91 Å². The number of carbonyl (C=O) groups excluding carboxylic acids is 1. The maximum absolute atomic E-state index is 13.0. The molecule has 150 valence electrons. The highest BCUT2D eigenvalue weighted by molar-refractivity contribution is 7.90. The van der Waals surface area contributed by atoms with Crippen molar-refractivity contribution in [1.29, 1.82) is 0 Å². The largest absolute Gasteiger partial charge is 0.457 e. The summed E-state index contributed by atoms with van der Waals surface area (Å²) in [6.45, 7) is 0. The molecule has 1 atom stereocenters. The summed E-state index contributed by atoms with van der Waals surface area (Å²) in [6.07, 6.45) is 1.00. The average Bonchev–Trinajstić information content (AvgIpc) is 2.68. The van der Waals surface area contributed by atoms with Crippen LogP contribution in [0.3, 0.4) is 0 Å². The highest BCUT2D eigenvalue weighted by Crippen LogP contribution is 2.27. The van der Waals surface area contributed by atoms with Gasteiger partial charge in [-0.25, -0.2) is 17.8 Å². The number of halogens is 1. The number of hydrogen-bond acceptors (Lipinski definition) is 6. The third-order valence-electron chi connectivity index (χ3n) is 4.09. The number of carbonyl (C=O) groups is 1. The number of rotatable bonds is 6. The molecule has 0 spiro atoms. The Morgan fingerprint density at radius 1 is 1.03 bits per heavy atom. The predicted octanol–water partition coefficient (Wildman–Crippen LogP) is 2.78. The van der Waals surface area contributed by atoms with Crippen molar-refractivity contribution in [2.75, 3.05) is 6.26 Å². The second kappa shape index (κ2) is 7.98. The van der Waals surface area contributed by atoms with Gasteiger partial charge in [-0.15, -0.1) is 0 Å². The van der Waals surface area contributed by atoms with E-state index in [0.29, 0.717) is 22.8 Å². The summed E-state index contributed by atoms with van der Waals surface area (Å²) < 4.78 is 42.2. The molecule has 1 amide bonds. The van der Waals surface area contributed by atoms with Gasteiger partial charge in [-0.05, 0) is 66.2 Å². The van der Waals surface area contributed by atoms with Crippen LogP contribution in [0.1, 0.15) is 21.4 Å². The molecule has 0 saturated carbocycles. The van der Waals surface area contributed by atoms with Crippen LogP contribution in [0, 0.1) is 5.82 Å². The van der Waals surface area contributed by atoms with E-state index in [-0.39, 0.29) is 17.1 Å². The Morgan fingerprint density at radius 3 is 2.10 bits per heavy atom. The lowest BCUT2D eigenvalue weighted by atomic mass is 10.1. The zero-order chi connectivity index (χ0) is 21.2. The van der Waals surface area contributed by atoms with Crippen LogP contribution in [0.2, 0.25) is 0 Å². The molecule has 0 fully saturated rings. The van der Waals surface area contributed by atoms with Gasteiger partial charge in [0.1, 0.15) is 28.4 Å². The van der Waals surface area contributed by atoms with Crippen LogP contribution in [-0.4, -0.2) is 25.6 Å². The second-order valence-corrected chi connectivity index (χ2v) is 8.53. The summed E-state index contributed by atoms with van der Waals surface area (Å²) in [4.78, 5) is 15.8. The molecule has 1 unspecified atom stereocenters.